The van der Waals surface area contributed by atoms with E-state index in [4.69, 9.17) is 11.6 Å². The Hall–Kier alpha value is -0.670. The number of carbonyl (C=O) groups is 1. The molecule has 0 atom stereocenters. The molecule has 25 heavy (non-hydrogen) atoms. The molecule has 2 saturated heterocycles. The Morgan fingerprint density at radius 1 is 1.00 bits per heavy atom. The van der Waals surface area contributed by atoms with E-state index in [1.807, 2.05) is 0 Å². The third kappa shape index (κ3) is 4.74. The van der Waals surface area contributed by atoms with Gasteiger partial charge in [0.1, 0.15) is 4.21 Å². The molecule has 0 saturated carbocycles. The highest BCUT2D eigenvalue weighted by atomic mass is 35.5. The molecule has 0 aliphatic carbocycles. The van der Waals surface area contributed by atoms with E-state index in [2.05, 4.69) is 4.90 Å². The van der Waals surface area contributed by atoms with Crippen LogP contribution in [0.1, 0.15) is 25.7 Å². The van der Waals surface area contributed by atoms with Gasteiger partial charge in [-0.05, 0) is 38.1 Å². The Labute approximate surface area is 158 Å². The molecule has 9 heteroatoms. The number of sulfonamides is 1. The van der Waals surface area contributed by atoms with Gasteiger partial charge in [0.05, 0.1) is 10.9 Å². The second-order valence-electron chi connectivity index (χ2n) is 6.53. The van der Waals surface area contributed by atoms with E-state index in [9.17, 15) is 13.2 Å². The molecule has 1 aromatic heterocycles. The molecule has 2 fully saturated rings. The maximum atomic E-state index is 12.6. The molecule has 0 aromatic carbocycles. The lowest BCUT2D eigenvalue weighted by Crippen LogP contribution is -2.52. The summed E-state index contributed by atoms with van der Waals surface area (Å²) in [7, 11) is -3.50. The van der Waals surface area contributed by atoms with E-state index < -0.39 is 10.0 Å². The number of hydrogen-bond acceptors (Lipinski definition) is 5. The first-order valence-electron chi connectivity index (χ1n) is 8.72. The average molecular weight is 406 g/mol. The summed E-state index contributed by atoms with van der Waals surface area (Å²) in [4.78, 5) is 16.5. The minimum Gasteiger partial charge on any atom is -0.339 e. The van der Waals surface area contributed by atoms with Gasteiger partial charge in [0, 0.05) is 26.2 Å². The zero-order chi connectivity index (χ0) is 17.9. The summed E-state index contributed by atoms with van der Waals surface area (Å²) in [6.45, 7) is 3.99. The Balaban J connectivity index is 1.53. The molecule has 2 aliphatic rings. The van der Waals surface area contributed by atoms with E-state index in [1.54, 1.807) is 17.0 Å². The molecule has 1 amide bonds. The number of piperazine rings is 1. The molecular formula is C16H24ClN3O3S2. The number of amides is 1. The lowest BCUT2D eigenvalue weighted by molar-refractivity contribution is -0.133. The molecule has 6 nitrogen and oxygen atoms in total. The van der Waals surface area contributed by atoms with Gasteiger partial charge in [-0.3, -0.25) is 9.69 Å². The SMILES string of the molecule is O=C(CN1CCCCCC1)N1CCN(S(=O)(=O)c2ccc(Cl)s2)CC1. The lowest BCUT2D eigenvalue weighted by atomic mass is 10.2. The topological polar surface area (TPSA) is 60.9 Å². The van der Waals surface area contributed by atoms with Crippen molar-refractivity contribution < 1.29 is 13.2 Å². The molecule has 2 aliphatic heterocycles. The first kappa shape index (κ1) is 19.1. The maximum Gasteiger partial charge on any atom is 0.252 e. The highest BCUT2D eigenvalue weighted by Gasteiger charge is 2.31. The van der Waals surface area contributed by atoms with Crippen LogP contribution >= 0.6 is 22.9 Å². The third-order valence-electron chi connectivity index (χ3n) is 4.79. The number of hydrogen-bond donors (Lipinski definition) is 0. The highest BCUT2D eigenvalue weighted by Crippen LogP contribution is 2.28. The predicted octanol–water partition coefficient (Wildman–Crippen LogP) is 2.11. The van der Waals surface area contributed by atoms with Crippen molar-refractivity contribution in [2.75, 3.05) is 45.8 Å². The second kappa shape index (κ2) is 8.35. The predicted molar refractivity (Wildman–Crippen MR) is 99.6 cm³/mol. The van der Waals surface area contributed by atoms with Crippen LogP contribution in [0.15, 0.2) is 16.3 Å². The van der Waals surface area contributed by atoms with Gasteiger partial charge in [-0.25, -0.2) is 8.42 Å². The van der Waals surface area contributed by atoms with Gasteiger partial charge in [-0.2, -0.15) is 4.31 Å². The first-order chi connectivity index (χ1) is 12.0. The first-order valence-corrected chi connectivity index (χ1v) is 11.4. The summed E-state index contributed by atoms with van der Waals surface area (Å²) in [5.74, 6) is 0.109. The average Bonchev–Trinajstić information content (AvgIpc) is 2.89. The summed E-state index contributed by atoms with van der Waals surface area (Å²) in [5.41, 5.74) is 0. The van der Waals surface area contributed by atoms with E-state index in [0.717, 1.165) is 37.3 Å². The normalized spacial score (nSPS) is 21.2. The summed E-state index contributed by atoms with van der Waals surface area (Å²) in [6, 6.07) is 3.14. The largest absolute Gasteiger partial charge is 0.339 e. The number of rotatable bonds is 4. The fourth-order valence-corrected chi connectivity index (χ4v) is 6.39. The molecular weight excluding hydrogens is 382 g/mol. The van der Waals surface area contributed by atoms with Crippen molar-refractivity contribution in [2.45, 2.75) is 29.9 Å². The van der Waals surface area contributed by atoms with Crippen LogP contribution in [0.3, 0.4) is 0 Å². The minimum atomic E-state index is -3.50. The van der Waals surface area contributed by atoms with E-state index in [-0.39, 0.29) is 10.1 Å². The lowest BCUT2D eigenvalue weighted by Gasteiger charge is -2.34. The van der Waals surface area contributed by atoms with Crippen LogP contribution in [0.4, 0.5) is 0 Å². The fraction of sp³-hybridized carbons (Fsp3) is 0.688. The van der Waals surface area contributed by atoms with E-state index in [1.165, 1.54) is 17.1 Å². The van der Waals surface area contributed by atoms with E-state index >= 15 is 0 Å². The van der Waals surface area contributed by atoms with Crippen molar-refractivity contribution in [1.29, 1.82) is 0 Å². The van der Waals surface area contributed by atoms with Gasteiger partial charge in [0.2, 0.25) is 5.91 Å². The molecule has 3 heterocycles. The van der Waals surface area contributed by atoms with Gasteiger partial charge < -0.3 is 4.90 Å². The zero-order valence-electron chi connectivity index (χ0n) is 14.2. The summed E-state index contributed by atoms with van der Waals surface area (Å²) in [6.07, 6.45) is 4.80. The monoisotopic (exact) mass is 405 g/mol. The van der Waals surface area contributed by atoms with Crippen molar-refractivity contribution in [3.05, 3.63) is 16.5 Å². The van der Waals surface area contributed by atoms with Crippen LogP contribution < -0.4 is 0 Å². The number of likely N-dealkylation sites (tertiary alicyclic amines) is 1. The van der Waals surface area contributed by atoms with Crippen molar-refractivity contribution in [3.63, 3.8) is 0 Å². The van der Waals surface area contributed by atoms with Gasteiger partial charge in [0.15, 0.2) is 0 Å². The number of thiophene rings is 1. The quantitative estimate of drug-likeness (QED) is 0.769. The van der Waals surface area contributed by atoms with E-state index in [0.29, 0.717) is 37.1 Å². The Kier molecular flexibility index (Phi) is 6.38. The van der Waals surface area contributed by atoms with Crippen molar-refractivity contribution >= 4 is 38.9 Å². The van der Waals surface area contributed by atoms with Crippen molar-refractivity contribution in [3.8, 4) is 0 Å². The molecule has 0 bridgehead atoms. The Morgan fingerprint density at radius 2 is 1.64 bits per heavy atom. The summed E-state index contributed by atoms with van der Waals surface area (Å²) < 4.78 is 27.4. The smallest absolute Gasteiger partial charge is 0.252 e. The Morgan fingerprint density at radius 3 is 2.20 bits per heavy atom. The number of halogens is 1. The van der Waals surface area contributed by atoms with Crippen LogP contribution in [0.2, 0.25) is 4.34 Å². The molecule has 1 aromatic rings. The summed E-state index contributed by atoms with van der Waals surface area (Å²) in [5, 5.41) is 0. The maximum absolute atomic E-state index is 12.6. The van der Waals surface area contributed by atoms with Crippen LogP contribution in [0.5, 0.6) is 0 Å². The minimum absolute atomic E-state index is 0.109. The molecule has 0 spiro atoms. The van der Waals surface area contributed by atoms with Gasteiger partial charge in [-0.15, -0.1) is 11.3 Å². The van der Waals surface area contributed by atoms with Crippen LogP contribution in [0, 0.1) is 0 Å². The molecule has 0 N–H and O–H groups in total. The zero-order valence-corrected chi connectivity index (χ0v) is 16.6. The van der Waals surface area contributed by atoms with Gasteiger partial charge >= 0.3 is 0 Å². The molecule has 3 rings (SSSR count). The molecule has 0 unspecified atom stereocenters. The fourth-order valence-electron chi connectivity index (χ4n) is 3.33. The van der Waals surface area contributed by atoms with Crippen LogP contribution in [-0.4, -0.2) is 74.2 Å². The van der Waals surface area contributed by atoms with Crippen LogP contribution in [-0.2, 0) is 14.8 Å². The van der Waals surface area contributed by atoms with Crippen molar-refractivity contribution in [2.24, 2.45) is 0 Å². The van der Waals surface area contributed by atoms with Crippen LogP contribution in [0.25, 0.3) is 0 Å². The molecule has 0 radical (unpaired) electrons. The highest BCUT2D eigenvalue weighted by molar-refractivity contribution is 7.91. The Bertz CT molecular complexity index is 691. The van der Waals surface area contributed by atoms with Gasteiger partial charge in [-0.1, -0.05) is 24.4 Å². The third-order valence-corrected chi connectivity index (χ3v) is 8.39. The number of carbonyl (C=O) groups excluding carboxylic acids is 1. The summed E-state index contributed by atoms with van der Waals surface area (Å²) >= 11 is 6.92. The van der Waals surface area contributed by atoms with Gasteiger partial charge in [0.25, 0.3) is 10.0 Å². The number of nitrogens with zero attached hydrogens (tertiary/aromatic N) is 3. The standard InChI is InChI=1S/C16H24ClN3O3S2/c17-14-5-6-16(24-14)25(22,23)20-11-9-19(10-12-20)15(21)13-18-7-3-1-2-4-8-18/h5-6H,1-4,7-13H2. The van der Waals surface area contributed by atoms with Crippen molar-refractivity contribution in [1.82, 2.24) is 14.1 Å². The second-order valence-corrected chi connectivity index (χ2v) is 10.4. The molecule has 140 valence electrons.